The highest BCUT2D eigenvalue weighted by Gasteiger charge is 2.11. The van der Waals surface area contributed by atoms with E-state index in [1.165, 1.54) is 5.56 Å². The van der Waals surface area contributed by atoms with Gasteiger partial charge in [-0.1, -0.05) is 39.7 Å². The second kappa shape index (κ2) is 8.59. The fraction of sp³-hybridized carbons (Fsp3) is 0.316. The number of aliphatic imine (C=N–C) groups is 1. The molecule has 25 heavy (non-hydrogen) atoms. The summed E-state index contributed by atoms with van der Waals surface area (Å²) >= 11 is 10.0. The van der Waals surface area contributed by atoms with Gasteiger partial charge in [0.2, 0.25) is 0 Å². The molecule has 4 nitrogen and oxygen atoms in total. The first-order chi connectivity index (χ1) is 12.2. The lowest BCUT2D eigenvalue weighted by atomic mass is 9.99. The molecule has 132 valence electrons. The SMILES string of the molecule is COc1ccc(Br)cc1CCc1c(Cl)cccc1CNC1=NCCN1. The summed E-state index contributed by atoms with van der Waals surface area (Å²) in [4.78, 5) is 4.37. The van der Waals surface area contributed by atoms with Gasteiger partial charge in [0.05, 0.1) is 13.7 Å². The number of aryl methyl sites for hydroxylation is 1. The predicted molar refractivity (Wildman–Crippen MR) is 107 cm³/mol. The van der Waals surface area contributed by atoms with Crippen LogP contribution in [-0.2, 0) is 19.4 Å². The monoisotopic (exact) mass is 421 g/mol. The van der Waals surface area contributed by atoms with E-state index >= 15 is 0 Å². The topological polar surface area (TPSA) is 45.6 Å². The summed E-state index contributed by atoms with van der Waals surface area (Å²) < 4.78 is 6.52. The number of nitrogens with one attached hydrogen (secondary N) is 2. The van der Waals surface area contributed by atoms with Crippen molar-refractivity contribution in [3.8, 4) is 5.75 Å². The Morgan fingerprint density at radius 1 is 1.24 bits per heavy atom. The molecule has 2 N–H and O–H groups in total. The Balaban J connectivity index is 1.74. The van der Waals surface area contributed by atoms with Crippen molar-refractivity contribution in [3.63, 3.8) is 0 Å². The van der Waals surface area contributed by atoms with Crippen LogP contribution in [0.2, 0.25) is 5.02 Å². The molecule has 0 spiro atoms. The fourth-order valence-corrected chi connectivity index (χ4v) is 3.64. The van der Waals surface area contributed by atoms with E-state index in [4.69, 9.17) is 16.3 Å². The van der Waals surface area contributed by atoms with E-state index in [0.717, 1.165) is 58.3 Å². The van der Waals surface area contributed by atoms with Crippen LogP contribution in [0.4, 0.5) is 0 Å². The quantitative estimate of drug-likeness (QED) is 0.741. The zero-order chi connectivity index (χ0) is 17.6. The van der Waals surface area contributed by atoms with Crippen molar-refractivity contribution in [3.05, 3.63) is 62.6 Å². The average molecular weight is 423 g/mol. The normalized spacial score (nSPS) is 13.3. The first kappa shape index (κ1) is 18.1. The second-order valence-corrected chi connectivity index (χ2v) is 7.17. The molecule has 1 aliphatic rings. The van der Waals surface area contributed by atoms with Crippen LogP contribution in [0, 0.1) is 0 Å². The van der Waals surface area contributed by atoms with Crippen molar-refractivity contribution in [1.29, 1.82) is 0 Å². The molecule has 0 amide bonds. The average Bonchev–Trinajstić information content (AvgIpc) is 3.13. The van der Waals surface area contributed by atoms with Gasteiger partial charge < -0.3 is 15.4 Å². The Kier molecular flexibility index (Phi) is 6.21. The van der Waals surface area contributed by atoms with Crippen molar-refractivity contribution in [2.45, 2.75) is 19.4 Å². The Bertz CT molecular complexity index is 779. The summed E-state index contributed by atoms with van der Waals surface area (Å²) in [6, 6.07) is 12.1. The Labute approximate surface area is 161 Å². The zero-order valence-electron chi connectivity index (χ0n) is 14.1. The Morgan fingerprint density at radius 3 is 2.88 bits per heavy atom. The smallest absolute Gasteiger partial charge is 0.191 e. The maximum Gasteiger partial charge on any atom is 0.191 e. The van der Waals surface area contributed by atoms with Gasteiger partial charge >= 0.3 is 0 Å². The molecule has 3 rings (SSSR count). The largest absolute Gasteiger partial charge is 0.496 e. The zero-order valence-corrected chi connectivity index (χ0v) is 16.5. The van der Waals surface area contributed by atoms with Crippen LogP contribution >= 0.6 is 27.5 Å². The molecule has 1 heterocycles. The number of hydrogen-bond acceptors (Lipinski definition) is 4. The van der Waals surface area contributed by atoms with Crippen LogP contribution < -0.4 is 15.4 Å². The van der Waals surface area contributed by atoms with Crippen molar-refractivity contribution >= 4 is 33.5 Å². The van der Waals surface area contributed by atoms with Crippen LogP contribution in [0.15, 0.2) is 45.9 Å². The number of rotatable bonds is 6. The second-order valence-electron chi connectivity index (χ2n) is 5.84. The highest BCUT2D eigenvalue weighted by molar-refractivity contribution is 9.10. The highest BCUT2D eigenvalue weighted by Crippen LogP contribution is 2.27. The molecular weight excluding hydrogens is 402 g/mol. The van der Waals surface area contributed by atoms with Gasteiger partial charge in [0.15, 0.2) is 5.96 Å². The molecular formula is C19H21BrClN3O. The van der Waals surface area contributed by atoms with E-state index in [9.17, 15) is 0 Å². The van der Waals surface area contributed by atoms with Crippen molar-refractivity contribution < 1.29 is 4.74 Å². The molecule has 2 aromatic carbocycles. The molecule has 1 aliphatic heterocycles. The first-order valence-electron chi connectivity index (χ1n) is 8.28. The van der Waals surface area contributed by atoms with Crippen LogP contribution in [0.1, 0.15) is 16.7 Å². The molecule has 0 aliphatic carbocycles. The Hall–Kier alpha value is -1.72. The minimum Gasteiger partial charge on any atom is -0.496 e. The van der Waals surface area contributed by atoms with Crippen LogP contribution in [0.25, 0.3) is 0 Å². The molecule has 6 heteroatoms. The molecule has 0 atom stereocenters. The van der Waals surface area contributed by atoms with Crippen molar-refractivity contribution in [1.82, 2.24) is 10.6 Å². The fourth-order valence-electron chi connectivity index (χ4n) is 2.95. The van der Waals surface area contributed by atoms with Gasteiger partial charge in [0.25, 0.3) is 0 Å². The van der Waals surface area contributed by atoms with E-state index in [2.05, 4.69) is 43.7 Å². The third-order valence-electron chi connectivity index (χ3n) is 4.22. The minimum absolute atomic E-state index is 0.706. The van der Waals surface area contributed by atoms with E-state index in [-0.39, 0.29) is 0 Å². The number of halogens is 2. The van der Waals surface area contributed by atoms with E-state index in [1.807, 2.05) is 24.3 Å². The van der Waals surface area contributed by atoms with Gasteiger partial charge in [0.1, 0.15) is 5.75 Å². The Morgan fingerprint density at radius 2 is 2.12 bits per heavy atom. The van der Waals surface area contributed by atoms with Crippen molar-refractivity contribution in [2.24, 2.45) is 4.99 Å². The number of nitrogens with zero attached hydrogens (tertiary/aromatic N) is 1. The number of ether oxygens (including phenoxy) is 1. The van der Waals surface area contributed by atoms with Crippen LogP contribution in [-0.4, -0.2) is 26.2 Å². The van der Waals surface area contributed by atoms with Gasteiger partial charge in [-0.25, -0.2) is 0 Å². The van der Waals surface area contributed by atoms with Gasteiger partial charge in [0, 0.05) is 22.6 Å². The number of guanidine groups is 1. The number of methoxy groups -OCH3 is 1. The van der Waals surface area contributed by atoms with Gasteiger partial charge in [-0.15, -0.1) is 0 Å². The highest BCUT2D eigenvalue weighted by atomic mass is 79.9. The van der Waals surface area contributed by atoms with E-state index in [0.29, 0.717) is 6.54 Å². The first-order valence-corrected chi connectivity index (χ1v) is 9.45. The molecule has 0 bridgehead atoms. The summed E-state index contributed by atoms with van der Waals surface area (Å²) in [5, 5.41) is 7.37. The maximum absolute atomic E-state index is 6.48. The maximum atomic E-state index is 6.48. The number of benzene rings is 2. The molecule has 0 saturated heterocycles. The predicted octanol–water partition coefficient (Wildman–Crippen LogP) is 3.95. The molecule has 0 radical (unpaired) electrons. The molecule has 0 aromatic heterocycles. The summed E-state index contributed by atoms with van der Waals surface area (Å²) in [5.74, 6) is 1.76. The van der Waals surface area contributed by atoms with Gasteiger partial charge in [-0.05, 0) is 53.8 Å². The van der Waals surface area contributed by atoms with Crippen LogP contribution in [0.3, 0.4) is 0 Å². The van der Waals surface area contributed by atoms with E-state index in [1.54, 1.807) is 7.11 Å². The summed E-state index contributed by atoms with van der Waals surface area (Å²) in [7, 11) is 1.70. The van der Waals surface area contributed by atoms with Gasteiger partial charge in [-0.3, -0.25) is 4.99 Å². The summed E-state index contributed by atoms with van der Waals surface area (Å²) in [5.41, 5.74) is 3.52. The minimum atomic E-state index is 0.706. The summed E-state index contributed by atoms with van der Waals surface area (Å²) in [6.45, 7) is 2.43. The lowest BCUT2D eigenvalue weighted by Gasteiger charge is -2.14. The van der Waals surface area contributed by atoms with Crippen LogP contribution in [0.5, 0.6) is 5.75 Å². The molecule has 2 aromatic rings. The summed E-state index contributed by atoms with van der Waals surface area (Å²) in [6.07, 6.45) is 1.71. The molecule has 0 fully saturated rings. The lowest BCUT2D eigenvalue weighted by Crippen LogP contribution is -2.33. The van der Waals surface area contributed by atoms with Gasteiger partial charge in [-0.2, -0.15) is 0 Å². The lowest BCUT2D eigenvalue weighted by molar-refractivity contribution is 0.409. The van der Waals surface area contributed by atoms with E-state index < -0.39 is 0 Å². The standard InChI is InChI=1S/C19H21BrClN3O/c1-25-18-8-6-15(20)11-13(18)5-7-16-14(3-2-4-17(16)21)12-24-19-22-9-10-23-19/h2-4,6,8,11H,5,7,9-10,12H2,1H3,(H2,22,23,24). The number of hydrogen-bond donors (Lipinski definition) is 2. The molecule has 0 saturated carbocycles. The molecule has 0 unspecified atom stereocenters. The van der Waals surface area contributed by atoms with Crippen molar-refractivity contribution in [2.75, 3.05) is 20.2 Å². The third kappa shape index (κ3) is 4.67. The third-order valence-corrected chi connectivity index (χ3v) is 5.07.